The fourth-order valence-corrected chi connectivity index (χ4v) is 4.64. The first-order valence-corrected chi connectivity index (χ1v) is 10.3. The van der Waals surface area contributed by atoms with Gasteiger partial charge in [-0.25, -0.2) is 4.68 Å². The van der Waals surface area contributed by atoms with E-state index in [1.54, 1.807) is 22.2 Å². The van der Waals surface area contributed by atoms with Crippen molar-refractivity contribution in [2.75, 3.05) is 5.32 Å². The Morgan fingerprint density at radius 2 is 2.04 bits per heavy atom. The summed E-state index contributed by atoms with van der Waals surface area (Å²) in [4.78, 5) is 13.4. The third kappa shape index (κ3) is 4.53. The first kappa shape index (κ1) is 18.6. The number of halogens is 3. The second kappa shape index (κ2) is 8.03. The van der Waals surface area contributed by atoms with E-state index in [9.17, 15) is 4.79 Å². The van der Waals surface area contributed by atoms with Crippen molar-refractivity contribution >= 4 is 66.4 Å². The van der Waals surface area contributed by atoms with Gasteiger partial charge < -0.3 is 5.32 Å². The number of rotatable bonds is 5. The number of carbonyl (C=O) groups is 1. The van der Waals surface area contributed by atoms with Crippen LogP contribution in [0.2, 0.25) is 5.02 Å². The summed E-state index contributed by atoms with van der Waals surface area (Å²) in [5.74, 6) is -0.0283. The van der Waals surface area contributed by atoms with E-state index in [-0.39, 0.29) is 5.91 Å². The lowest BCUT2D eigenvalue weighted by Gasteiger charge is -2.07. The van der Waals surface area contributed by atoms with Gasteiger partial charge in [0.25, 0.3) is 0 Å². The van der Waals surface area contributed by atoms with Gasteiger partial charge in [-0.05, 0) is 75.5 Å². The zero-order chi connectivity index (χ0) is 18.0. The topological polar surface area (TPSA) is 46.9 Å². The minimum absolute atomic E-state index is 0.0283. The van der Waals surface area contributed by atoms with E-state index >= 15 is 0 Å². The highest BCUT2D eigenvalue weighted by molar-refractivity contribution is 9.13. The summed E-state index contributed by atoms with van der Waals surface area (Å²) >= 11 is 14.5. The van der Waals surface area contributed by atoms with Gasteiger partial charge in [0.2, 0.25) is 5.91 Å². The number of benzene rings is 1. The van der Waals surface area contributed by atoms with Crippen LogP contribution in [0, 0.1) is 6.92 Å². The number of nitrogens with zero attached hydrogens (tertiary/aromatic N) is 2. The average Bonchev–Trinajstić information content (AvgIpc) is 3.10. The Bertz CT molecular complexity index is 886. The Labute approximate surface area is 171 Å². The van der Waals surface area contributed by atoms with Crippen molar-refractivity contribution in [3.63, 3.8) is 0 Å². The Morgan fingerprint density at radius 3 is 2.68 bits per heavy atom. The van der Waals surface area contributed by atoms with Crippen LogP contribution in [0.3, 0.4) is 0 Å². The summed E-state index contributed by atoms with van der Waals surface area (Å²) in [6, 6.07) is 9.44. The zero-order valence-corrected chi connectivity index (χ0v) is 18.0. The van der Waals surface area contributed by atoms with Crippen LogP contribution in [0.1, 0.15) is 17.0 Å². The SMILES string of the molecule is Cc1c(NC(=O)CCc2cc(Br)c(Br)s2)cnn1-c1ccc(Cl)cc1. The van der Waals surface area contributed by atoms with E-state index in [1.807, 2.05) is 37.3 Å². The zero-order valence-electron chi connectivity index (χ0n) is 13.2. The fraction of sp³-hybridized carbons (Fsp3) is 0.176. The molecule has 0 unspecified atom stereocenters. The highest BCUT2D eigenvalue weighted by Crippen LogP contribution is 2.33. The molecule has 0 bridgehead atoms. The molecule has 1 amide bonds. The van der Waals surface area contributed by atoms with Gasteiger partial charge in [-0.15, -0.1) is 11.3 Å². The van der Waals surface area contributed by atoms with Gasteiger partial charge >= 0.3 is 0 Å². The number of hydrogen-bond acceptors (Lipinski definition) is 3. The minimum atomic E-state index is -0.0283. The summed E-state index contributed by atoms with van der Waals surface area (Å²) in [5, 5.41) is 7.96. The largest absolute Gasteiger partial charge is 0.323 e. The number of nitrogens with one attached hydrogen (secondary N) is 1. The van der Waals surface area contributed by atoms with E-state index in [0.29, 0.717) is 23.6 Å². The summed E-state index contributed by atoms with van der Waals surface area (Å²) < 4.78 is 3.84. The molecule has 0 fully saturated rings. The van der Waals surface area contributed by atoms with Crippen LogP contribution in [0.4, 0.5) is 5.69 Å². The second-order valence-corrected chi connectivity index (χ2v) is 9.16. The molecule has 0 radical (unpaired) electrons. The molecule has 0 saturated heterocycles. The highest BCUT2D eigenvalue weighted by Gasteiger charge is 2.12. The van der Waals surface area contributed by atoms with Gasteiger partial charge in [-0.2, -0.15) is 5.10 Å². The Morgan fingerprint density at radius 1 is 1.32 bits per heavy atom. The van der Waals surface area contributed by atoms with Crippen molar-refractivity contribution < 1.29 is 4.79 Å². The average molecular weight is 504 g/mol. The molecule has 4 nitrogen and oxygen atoms in total. The number of hydrogen-bond donors (Lipinski definition) is 1. The van der Waals surface area contributed by atoms with Gasteiger partial charge in [0.1, 0.15) is 0 Å². The molecule has 130 valence electrons. The van der Waals surface area contributed by atoms with Crippen LogP contribution in [-0.2, 0) is 11.2 Å². The summed E-state index contributed by atoms with van der Waals surface area (Å²) in [7, 11) is 0. The fourth-order valence-electron chi connectivity index (χ4n) is 2.34. The number of carbonyl (C=O) groups excluding carboxylic acids is 1. The van der Waals surface area contributed by atoms with Crippen LogP contribution in [0.15, 0.2) is 44.8 Å². The van der Waals surface area contributed by atoms with Gasteiger partial charge in [0.05, 0.1) is 27.1 Å². The van der Waals surface area contributed by atoms with Crippen molar-refractivity contribution in [2.24, 2.45) is 0 Å². The maximum Gasteiger partial charge on any atom is 0.224 e. The molecular weight excluding hydrogens is 490 g/mol. The molecular formula is C17H14Br2ClN3OS. The predicted octanol–water partition coefficient (Wildman–Crippen LogP) is 5.99. The van der Waals surface area contributed by atoms with Crippen molar-refractivity contribution in [3.05, 3.63) is 60.4 Å². The van der Waals surface area contributed by atoms with E-state index < -0.39 is 0 Å². The van der Waals surface area contributed by atoms with Crippen LogP contribution in [0.5, 0.6) is 0 Å². The number of anilines is 1. The Balaban J connectivity index is 1.64. The van der Waals surface area contributed by atoms with Gasteiger partial charge in [0.15, 0.2) is 0 Å². The van der Waals surface area contributed by atoms with Crippen LogP contribution < -0.4 is 5.32 Å². The van der Waals surface area contributed by atoms with E-state index in [0.717, 1.165) is 24.5 Å². The molecule has 0 saturated carbocycles. The quantitative estimate of drug-likeness (QED) is 0.465. The normalized spacial score (nSPS) is 10.9. The molecule has 0 spiro atoms. The smallest absolute Gasteiger partial charge is 0.224 e. The third-order valence-corrected chi connectivity index (χ3v) is 7.22. The van der Waals surface area contributed by atoms with E-state index in [1.165, 1.54) is 0 Å². The number of amides is 1. The van der Waals surface area contributed by atoms with Crippen molar-refractivity contribution in [1.29, 1.82) is 0 Å². The van der Waals surface area contributed by atoms with Crippen molar-refractivity contribution in [1.82, 2.24) is 9.78 Å². The molecule has 0 atom stereocenters. The monoisotopic (exact) mass is 501 g/mol. The maximum absolute atomic E-state index is 12.2. The molecule has 1 aromatic carbocycles. The molecule has 25 heavy (non-hydrogen) atoms. The van der Waals surface area contributed by atoms with Gasteiger partial charge in [-0.1, -0.05) is 11.6 Å². The minimum Gasteiger partial charge on any atom is -0.323 e. The molecule has 3 rings (SSSR count). The van der Waals surface area contributed by atoms with Crippen LogP contribution in [0.25, 0.3) is 5.69 Å². The lowest BCUT2D eigenvalue weighted by molar-refractivity contribution is -0.116. The first-order valence-electron chi connectivity index (χ1n) is 7.48. The second-order valence-electron chi connectivity index (χ2n) is 5.41. The van der Waals surface area contributed by atoms with E-state index in [4.69, 9.17) is 11.6 Å². The molecule has 8 heteroatoms. The maximum atomic E-state index is 12.2. The summed E-state index contributed by atoms with van der Waals surface area (Å²) in [5.41, 5.74) is 2.49. The van der Waals surface area contributed by atoms with Gasteiger partial charge in [-0.3, -0.25) is 4.79 Å². The first-order chi connectivity index (χ1) is 11.9. The molecule has 2 aromatic heterocycles. The van der Waals surface area contributed by atoms with E-state index in [2.05, 4.69) is 42.3 Å². The standard InChI is InChI=1S/C17H14Br2ClN3OS/c1-10-15(9-21-23(10)12-4-2-11(20)3-5-12)22-16(24)7-6-13-8-14(18)17(19)25-13/h2-5,8-9H,6-7H2,1H3,(H,22,24). The van der Waals surface area contributed by atoms with Crippen LogP contribution >= 0.6 is 54.8 Å². The number of thiophene rings is 1. The summed E-state index contributed by atoms with van der Waals surface area (Å²) in [6.07, 6.45) is 2.79. The molecule has 0 aliphatic carbocycles. The molecule has 0 aliphatic rings. The van der Waals surface area contributed by atoms with Crippen LogP contribution in [-0.4, -0.2) is 15.7 Å². The number of aromatic nitrogens is 2. The lowest BCUT2D eigenvalue weighted by atomic mass is 10.2. The predicted molar refractivity (Wildman–Crippen MR) is 110 cm³/mol. The molecule has 0 aliphatic heterocycles. The number of aryl methyl sites for hydroxylation is 1. The molecule has 1 N–H and O–H groups in total. The summed E-state index contributed by atoms with van der Waals surface area (Å²) in [6.45, 7) is 1.92. The Kier molecular flexibility index (Phi) is 5.99. The third-order valence-electron chi connectivity index (χ3n) is 3.65. The van der Waals surface area contributed by atoms with Crippen molar-refractivity contribution in [2.45, 2.75) is 19.8 Å². The van der Waals surface area contributed by atoms with Crippen molar-refractivity contribution in [3.8, 4) is 5.69 Å². The molecule has 2 heterocycles. The lowest BCUT2D eigenvalue weighted by Crippen LogP contribution is -2.12. The van der Waals surface area contributed by atoms with Gasteiger partial charge in [0, 0.05) is 20.8 Å². The highest BCUT2D eigenvalue weighted by atomic mass is 79.9. The molecule has 3 aromatic rings. The Hall–Kier alpha value is -1.15.